The summed E-state index contributed by atoms with van der Waals surface area (Å²) in [4.78, 5) is 35.8. The van der Waals surface area contributed by atoms with Gasteiger partial charge in [-0.25, -0.2) is 0 Å². The molecule has 0 atom stereocenters. The van der Waals surface area contributed by atoms with Crippen LogP contribution in [0.3, 0.4) is 0 Å². The van der Waals surface area contributed by atoms with Gasteiger partial charge in [0.05, 0.1) is 6.54 Å². The van der Waals surface area contributed by atoms with E-state index in [1.165, 1.54) is 22.4 Å². The lowest BCUT2D eigenvalue weighted by Gasteiger charge is -2.10. The van der Waals surface area contributed by atoms with Crippen molar-refractivity contribution in [2.45, 2.75) is 64.9 Å². The van der Waals surface area contributed by atoms with Gasteiger partial charge < -0.3 is 16.4 Å². The van der Waals surface area contributed by atoms with Gasteiger partial charge >= 0.3 is 6.15 Å². The molecule has 0 radical (unpaired) electrons. The Morgan fingerprint density at radius 1 is 0.979 bits per heavy atom. The first kappa shape index (κ1) is 41.1. The van der Waals surface area contributed by atoms with Crippen LogP contribution in [0.1, 0.15) is 62.3 Å². The standard InChI is InChI=1S/C31H32ClN3OS.C4H7Cl.CH5N.CO2/c1-22-12-14-24(15-13-22)20-33-30(36)11-5-3-4-9-28-23(2)35-31(27-8-6-7-10-29(27)37-28)34-21-25-16-18-26(32)19-17-25;1-3-4(2)5;1-2;2-1-3/h3,5-8,10,12-19H,4,9,11,20-21H2,1-2H3,(H,33,36)(H,34,35);3H,1-2H3;2H2,1H3;/b5-3-;4-3+;;. The summed E-state index contributed by atoms with van der Waals surface area (Å²) in [5.74, 6) is 0.916. The number of nitrogens with two attached hydrogens (primary N) is 1. The summed E-state index contributed by atoms with van der Waals surface area (Å²) in [6.45, 7) is 9.05. The van der Waals surface area contributed by atoms with Crippen molar-refractivity contribution in [3.05, 3.63) is 134 Å². The molecule has 0 bridgehead atoms. The lowest BCUT2D eigenvalue weighted by atomic mass is 10.1. The zero-order valence-electron chi connectivity index (χ0n) is 27.6. The van der Waals surface area contributed by atoms with E-state index in [2.05, 4.69) is 66.6 Å². The van der Waals surface area contributed by atoms with Crippen LogP contribution in [0.2, 0.25) is 5.02 Å². The largest absolute Gasteiger partial charge is 0.373 e. The fourth-order valence-corrected chi connectivity index (χ4v) is 5.14. The second-order valence-corrected chi connectivity index (χ2v) is 12.2. The van der Waals surface area contributed by atoms with Gasteiger partial charge in [-0.3, -0.25) is 9.79 Å². The SMILES string of the molecule is C/C=C(\C)Cl.CC1=C(CC/C=C\CC(=O)NCc2ccc(C)cc2)Sc2ccccc2C(=NCc2ccc(Cl)cc2)N1.CN.O=C=O. The zero-order valence-corrected chi connectivity index (χ0v) is 29.9. The van der Waals surface area contributed by atoms with E-state index in [1.807, 2.05) is 68.5 Å². The van der Waals surface area contributed by atoms with Crippen molar-refractivity contribution in [1.29, 1.82) is 0 Å². The lowest BCUT2D eigenvalue weighted by molar-refractivity contribution is -0.191. The number of amides is 1. The van der Waals surface area contributed by atoms with Crippen LogP contribution in [0.15, 0.2) is 117 Å². The minimum Gasteiger partial charge on any atom is -0.352 e. The fraction of sp³-hybridized carbons (Fsp3) is 0.270. The molecule has 1 aliphatic heterocycles. The summed E-state index contributed by atoms with van der Waals surface area (Å²) in [5.41, 5.74) is 10.2. The van der Waals surface area contributed by atoms with Gasteiger partial charge in [0.15, 0.2) is 0 Å². The van der Waals surface area contributed by atoms with E-state index in [4.69, 9.17) is 37.8 Å². The third kappa shape index (κ3) is 17.0. The highest BCUT2D eigenvalue weighted by atomic mass is 35.5. The van der Waals surface area contributed by atoms with E-state index in [1.54, 1.807) is 11.8 Å². The molecule has 4 rings (SSSR count). The van der Waals surface area contributed by atoms with E-state index in [0.29, 0.717) is 19.5 Å². The van der Waals surface area contributed by atoms with Crippen LogP contribution < -0.4 is 16.4 Å². The first-order chi connectivity index (χ1) is 22.7. The normalized spacial score (nSPS) is 12.9. The maximum absolute atomic E-state index is 12.2. The number of hydrogen-bond donors (Lipinski definition) is 3. The number of halogens is 2. The number of amidine groups is 1. The molecule has 0 saturated carbocycles. The molecule has 0 spiro atoms. The number of hydrogen-bond acceptors (Lipinski definition) is 6. The second-order valence-electron chi connectivity index (χ2n) is 10.00. The van der Waals surface area contributed by atoms with Gasteiger partial charge in [-0.2, -0.15) is 9.59 Å². The molecule has 10 heteroatoms. The van der Waals surface area contributed by atoms with Crippen LogP contribution in [0.4, 0.5) is 0 Å². The van der Waals surface area contributed by atoms with Crippen molar-refractivity contribution in [2.24, 2.45) is 10.7 Å². The molecule has 0 saturated heterocycles. The van der Waals surface area contributed by atoms with E-state index in [-0.39, 0.29) is 12.1 Å². The Morgan fingerprint density at radius 3 is 2.19 bits per heavy atom. The summed E-state index contributed by atoms with van der Waals surface area (Å²) in [6, 6.07) is 24.4. The number of thioether (sulfide) groups is 1. The second kappa shape index (κ2) is 24.3. The summed E-state index contributed by atoms with van der Waals surface area (Å²) in [6.07, 6.45) is 8.30. The van der Waals surface area contributed by atoms with Gasteiger partial charge in [0.1, 0.15) is 5.84 Å². The Labute approximate surface area is 293 Å². The minimum atomic E-state index is 0.0354. The topological polar surface area (TPSA) is 114 Å². The summed E-state index contributed by atoms with van der Waals surface area (Å²) in [5, 5.41) is 8.12. The molecule has 0 aliphatic carbocycles. The third-order valence-electron chi connectivity index (χ3n) is 6.45. The van der Waals surface area contributed by atoms with Gasteiger partial charge in [-0.1, -0.05) is 113 Å². The summed E-state index contributed by atoms with van der Waals surface area (Å²) < 4.78 is 0. The van der Waals surface area contributed by atoms with Gasteiger partial charge in [-0.05, 0) is 76.9 Å². The monoisotopic (exact) mass is 694 g/mol. The molecule has 0 fully saturated rings. The number of nitrogens with one attached hydrogen (secondary N) is 2. The number of rotatable bonds is 9. The molecule has 1 aliphatic rings. The van der Waals surface area contributed by atoms with Crippen molar-refractivity contribution in [1.82, 2.24) is 10.6 Å². The highest BCUT2D eigenvalue weighted by Gasteiger charge is 2.18. The smallest absolute Gasteiger partial charge is 0.352 e. The van der Waals surface area contributed by atoms with Crippen molar-refractivity contribution in [3.63, 3.8) is 0 Å². The van der Waals surface area contributed by atoms with Gasteiger partial charge in [0, 0.05) is 44.1 Å². The van der Waals surface area contributed by atoms with E-state index in [0.717, 1.165) is 51.1 Å². The fourth-order valence-electron chi connectivity index (χ4n) is 3.90. The number of allylic oxidation sites excluding steroid dienone is 5. The van der Waals surface area contributed by atoms with Crippen LogP contribution >= 0.6 is 35.0 Å². The molecule has 4 N–H and O–H groups in total. The van der Waals surface area contributed by atoms with Crippen LogP contribution in [-0.2, 0) is 27.5 Å². The highest BCUT2D eigenvalue weighted by Crippen LogP contribution is 2.36. The first-order valence-electron chi connectivity index (χ1n) is 15.0. The molecule has 3 aromatic rings. The Bertz CT molecular complexity index is 1540. The molecular formula is C37H44Cl2N4O3S. The number of aryl methyl sites for hydroxylation is 1. The molecule has 0 unspecified atom stereocenters. The molecule has 1 heterocycles. The van der Waals surface area contributed by atoms with Crippen molar-refractivity contribution in [2.75, 3.05) is 7.05 Å². The third-order valence-corrected chi connectivity index (χ3v) is 8.25. The van der Waals surface area contributed by atoms with Crippen LogP contribution in [0.25, 0.3) is 0 Å². The average Bonchev–Trinajstić information content (AvgIpc) is 3.21. The van der Waals surface area contributed by atoms with E-state index >= 15 is 0 Å². The van der Waals surface area contributed by atoms with E-state index in [9.17, 15) is 4.79 Å². The summed E-state index contributed by atoms with van der Waals surface area (Å²) in [7, 11) is 1.50. The number of carbonyl (C=O) groups is 1. The molecule has 7 nitrogen and oxygen atoms in total. The molecule has 0 aromatic heterocycles. The first-order valence-corrected chi connectivity index (χ1v) is 16.6. The predicted octanol–water partition coefficient (Wildman–Crippen LogP) is 8.71. The number of aliphatic imine (C=N–C) groups is 1. The maximum atomic E-state index is 12.2. The van der Waals surface area contributed by atoms with Crippen molar-refractivity contribution < 1.29 is 14.4 Å². The Morgan fingerprint density at radius 2 is 1.57 bits per heavy atom. The minimum absolute atomic E-state index is 0.0354. The molecular weight excluding hydrogens is 651 g/mol. The number of carbonyl (C=O) groups excluding carboxylic acids is 3. The Hall–Kier alpha value is -3.91. The lowest BCUT2D eigenvalue weighted by Crippen LogP contribution is -2.23. The van der Waals surface area contributed by atoms with Crippen LogP contribution in [0, 0.1) is 6.92 Å². The number of fused-ring (bicyclic) bond motifs is 1. The maximum Gasteiger partial charge on any atom is 0.373 e. The number of benzene rings is 3. The Kier molecular flexibility index (Phi) is 21.2. The molecule has 1 amide bonds. The Balaban J connectivity index is 0.000000978. The van der Waals surface area contributed by atoms with Crippen LogP contribution in [-0.4, -0.2) is 24.9 Å². The van der Waals surface area contributed by atoms with Crippen molar-refractivity contribution in [3.8, 4) is 0 Å². The highest BCUT2D eigenvalue weighted by molar-refractivity contribution is 8.03. The number of nitrogens with zero attached hydrogens (tertiary/aromatic N) is 1. The van der Waals surface area contributed by atoms with Gasteiger partial charge in [-0.15, -0.1) is 0 Å². The van der Waals surface area contributed by atoms with Crippen LogP contribution in [0.5, 0.6) is 0 Å². The summed E-state index contributed by atoms with van der Waals surface area (Å²) >= 11 is 13.1. The quantitative estimate of drug-likeness (QED) is 0.193. The molecule has 47 heavy (non-hydrogen) atoms. The average molecular weight is 696 g/mol. The van der Waals surface area contributed by atoms with E-state index < -0.39 is 0 Å². The van der Waals surface area contributed by atoms with Gasteiger partial charge in [0.2, 0.25) is 5.91 Å². The molecule has 250 valence electrons. The van der Waals surface area contributed by atoms with Gasteiger partial charge in [0.25, 0.3) is 0 Å². The zero-order chi connectivity index (χ0) is 35.0. The predicted molar refractivity (Wildman–Crippen MR) is 196 cm³/mol. The van der Waals surface area contributed by atoms with Crippen molar-refractivity contribution >= 4 is 52.9 Å². The molecule has 3 aromatic carbocycles.